The molecule has 10 heteroatoms. The van der Waals surface area contributed by atoms with Gasteiger partial charge in [-0.2, -0.15) is 18.3 Å². The Morgan fingerprint density at radius 1 is 1.25 bits per heavy atom. The largest absolute Gasteiger partial charge is 0.507 e. The van der Waals surface area contributed by atoms with Crippen LogP contribution in [-0.2, 0) is 6.18 Å². The normalized spacial score (nSPS) is 11.7. The van der Waals surface area contributed by atoms with Gasteiger partial charge in [0, 0.05) is 16.1 Å². The molecule has 0 aliphatic rings. The van der Waals surface area contributed by atoms with Crippen molar-refractivity contribution in [3.8, 4) is 5.75 Å². The van der Waals surface area contributed by atoms with Crippen LogP contribution in [0.3, 0.4) is 0 Å². The van der Waals surface area contributed by atoms with Crippen molar-refractivity contribution in [3.05, 3.63) is 62.1 Å². The van der Waals surface area contributed by atoms with Gasteiger partial charge in [-0.05, 0) is 30.3 Å². The molecule has 2 N–H and O–H groups in total. The van der Waals surface area contributed by atoms with E-state index in [1.54, 1.807) is 12.1 Å². The Bertz CT molecular complexity index is 810. The summed E-state index contributed by atoms with van der Waals surface area (Å²) in [5, 5.41) is 24.3. The lowest BCUT2D eigenvalue weighted by Crippen LogP contribution is -2.06. The predicted octanol–water partition coefficient (Wildman–Crippen LogP) is 4.53. The van der Waals surface area contributed by atoms with Crippen LogP contribution in [0.25, 0.3) is 0 Å². The van der Waals surface area contributed by atoms with Gasteiger partial charge in [-0.1, -0.05) is 15.9 Å². The van der Waals surface area contributed by atoms with Crippen LogP contribution in [0.2, 0.25) is 0 Å². The molecule has 0 saturated carbocycles. The smallest absolute Gasteiger partial charge is 0.416 e. The van der Waals surface area contributed by atoms with Gasteiger partial charge < -0.3 is 5.11 Å². The van der Waals surface area contributed by atoms with Gasteiger partial charge in [-0.15, -0.1) is 0 Å². The first kappa shape index (κ1) is 17.7. The summed E-state index contributed by atoms with van der Waals surface area (Å²) in [5.41, 5.74) is 0.510. The number of rotatable bonds is 4. The number of nitrogens with one attached hydrogen (secondary N) is 1. The molecule has 0 bridgehead atoms. The highest BCUT2D eigenvalue weighted by Gasteiger charge is 2.33. The van der Waals surface area contributed by atoms with Gasteiger partial charge in [0.1, 0.15) is 11.4 Å². The standard InChI is InChI=1S/C14H9BrF3N3O3/c15-10-2-4-13(22)8(5-10)7-19-20-11-3-1-9(14(16,17)18)6-12(11)21(23)24/h1-7,20,22H/b19-7-. The minimum absolute atomic E-state index is 0.0781. The molecule has 0 aliphatic heterocycles. The second kappa shape index (κ2) is 6.87. The van der Waals surface area contributed by atoms with E-state index in [0.717, 1.165) is 6.07 Å². The average Bonchev–Trinajstić information content (AvgIpc) is 2.49. The Hall–Kier alpha value is -2.62. The van der Waals surface area contributed by atoms with E-state index in [-0.39, 0.29) is 11.4 Å². The van der Waals surface area contributed by atoms with Crippen molar-refractivity contribution in [1.29, 1.82) is 0 Å². The number of nitro groups is 1. The number of aromatic hydroxyl groups is 1. The molecule has 126 valence electrons. The lowest BCUT2D eigenvalue weighted by molar-refractivity contribution is -0.384. The number of phenols is 1. The summed E-state index contributed by atoms with van der Waals surface area (Å²) in [7, 11) is 0. The third kappa shape index (κ3) is 4.22. The van der Waals surface area contributed by atoms with Crippen molar-refractivity contribution in [3.63, 3.8) is 0 Å². The Morgan fingerprint density at radius 2 is 1.96 bits per heavy atom. The Balaban J connectivity index is 2.28. The first-order valence-electron chi connectivity index (χ1n) is 6.31. The molecule has 0 heterocycles. The highest BCUT2D eigenvalue weighted by Crippen LogP contribution is 2.35. The van der Waals surface area contributed by atoms with Crippen LogP contribution in [0.1, 0.15) is 11.1 Å². The zero-order valence-electron chi connectivity index (χ0n) is 11.7. The van der Waals surface area contributed by atoms with Crippen LogP contribution < -0.4 is 5.43 Å². The molecule has 0 saturated heterocycles. The molecule has 24 heavy (non-hydrogen) atoms. The number of benzene rings is 2. The van der Waals surface area contributed by atoms with Gasteiger partial charge in [0.2, 0.25) is 0 Å². The SMILES string of the molecule is O=[N+]([O-])c1cc(C(F)(F)F)ccc1N/N=C\c1cc(Br)ccc1O. The maximum absolute atomic E-state index is 12.6. The van der Waals surface area contributed by atoms with Crippen molar-refractivity contribution < 1.29 is 23.2 Å². The molecule has 0 fully saturated rings. The van der Waals surface area contributed by atoms with Crippen LogP contribution in [0.15, 0.2) is 46.0 Å². The van der Waals surface area contributed by atoms with E-state index in [0.29, 0.717) is 22.2 Å². The minimum atomic E-state index is -4.69. The zero-order valence-corrected chi connectivity index (χ0v) is 13.3. The molecule has 0 atom stereocenters. The van der Waals surface area contributed by atoms with Crippen LogP contribution in [0.5, 0.6) is 5.75 Å². The van der Waals surface area contributed by atoms with E-state index in [1.807, 2.05) is 0 Å². The molecule has 0 unspecified atom stereocenters. The van der Waals surface area contributed by atoms with E-state index in [4.69, 9.17) is 0 Å². The fourth-order valence-corrected chi connectivity index (χ4v) is 2.13. The first-order valence-corrected chi connectivity index (χ1v) is 7.11. The molecule has 2 aromatic rings. The molecule has 0 aliphatic carbocycles. The van der Waals surface area contributed by atoms with Crippen LogP contribution in [0, 0.1) is 10.1 Å². The van der Waals surface area contributed by atoms with Crippen LogP contribution in [0.4, 0.5) is 24.5 Å². The number of hydrazone groups is 1. The number of phenolic OH excluding ortho intramolecular Hbond substituents is 1. The minimum Gasteiger partial charge on any atom is -0.507 e. The molecular weight excluding hydrogens is 395 g/mol. The van der Waals surface area contributed by atoms with Gasteiger partial charge >= 0.3 is 6.18 Å². The number of hydrogen-bond acceptors (Lipinski definition) is 5. The van der Waals surface area contributed by atoms with E-state index < -0.39 is 22.4 Å². The molecule has 0 aromatic heterocycles. The highest BCUT2D eigenvalue weighted by atomic mass is 79.9. The van der Waals surface area contributed by atoms with E-state index in [2.05, 4.69) is 26.5 Å². The van der Waals surface area contributed by atoms with Crippen molar-refractivity contribution in [2.45, 2.75) is 6.18 Å². The molecule has 2 rings (SSSR count). The summed E-state index contributed by atoms with van der Waals surface area (Å²) in [6, 6.07) is 6.60. The van der Waals surface area contributed by atoms with Gasteiger partial charge in [0.05, 0.1) is 16.7 Å². The first-order chi connectivity index (χ1) is 11.2. The second-order valence-electron chi connectivity index (χ2n) is 4.56. The predicted molar refractivity (Wildman–Crippen MR) is 85.1 cm³/mol. The number of hydrogen-bond donors (Lipinski definition) is 2. The number of alkyl halides is 3. The lowest BCUT2D eigenvalue weighted by Gasteiger charge is -2.08. The summed E-state index contributed by atoms with van der Waals surface area (Å²) in [6.07, 6.45) is -3.50. The summed E-state index contributed by atoms with van der Waals surface area (Å²) in [6.45, 7) is 0. The lowest BCUT2D eigenvalue weighted by atomic mass is 10.1. The number of halogens is 4. The van der Waals surface area contributed by atoms with E-state index in [9.17, 15) is 28.4 Å². The van der Waals surface area contributed by atoms with Crippen molar-refractivity contribution in [1.82, 2.24) is 0 Å². The fraction of sp³-hybridized carbons (Fsp3) is 0.0714. The van der Waals surface area contributed by atoms with E-state index in [1.165, 1.54) is 12.3 Å². The fourth-order valence-electron chi connectivity index (χ4n) is 1.75. The quantitative estimate of drug-likeness (QED) is 0.446. The summed E-state index contributed by atoms with van der Waals surface area (Å²) in [5.74, 6) is -0.0781. The molecule has 2 aromatic carbocycles. The highest BCUT2D eigenvalue weighted by molar-refractivity contribution is 9.10. The third-order valence-corrected chi connectivity index (χ3v) is 3.39. The van der Waals surface area contributed by atoms with Crippen LogP contribution in [-0.4, -0.2) is 16.2 Å². The van der Waals surface area contributed by atoms with Crippen molar-refractivity contribution >= 4 is 33.5 Å². The second-order valence-corrected chi connectivity index (χ2v) is 5.48. The topological polar surface area (TPSA) is 87.8 Å². The van der Waals surface area contributed by atoms with Gasteiger partial charge in [0.15, 0.2) is 0 Å². The zero-order chi connectivity index (χ0) is 17.9. The van der Waals surface area contributed by atoms with Gasteiger partial charge in [0.25, 0.3) is 5.69 Å². The molecule has 0 radical (unpaired) electrons. The monoisotopic (exact) mass is 403 g/mol. The van der Waals surface area contributed by atoms with Gasteiger partial charge in [-0.25, -0.2) is 0 Å². The average molecular weight is 404 g/mol. The molecule has 0 spiro atoms. The summed E-state index contributed by atoms with van der Waals surface area (Å²) in [4.78, 5) is 9.99. The Kier molecular flexibility index (Phi) is 5.07. The van der Waals surface area contributed by atoms with Crippen LogP contribution >= 0.6 is 15.9 Å². The number of anilines is 1. The van der Waals surface area contributed by atoms with Crippen molar-refractivity contribution in [2.24, 2.45) is 5.10 Å². The Labute approximate surface area is 141 Å². The number of nitrogens with zero attached hydrogens (tertiary/aromatic N) is 2. The van der Waals surface area contributed by atoms with Gasteiger partial charge in [-0.3, -0.25) is 15.5 Å². The third-order valence-electron chi connectivity index (χ3n) is 2.90. The maximum atomic E-state index is 12.6. The molecule has 6 nitrogen and oxygen atoms in total. The molecular formula is C14H9BrF3N3O3. The summed E-state index contributed by atoms with van der Waals surface area (Å²) >= 11 is 3.20. The maximum Gasteiger partial charge on any atom is 0.416 e. The number of nitro benzene ring substituents is 1. The van der Waals surface area contributed by atoms with E-state index >= 15 is 0 Å². The van der Waals surface area contributed by atoms with Crippen molar-refractivity contribution in [2.75, 3.05) is 5.43 Å². The molecule has 0 amide bonds. The Morgan fingerprint density at radius 3 is 2.58 bits per heavy atom. The summed E-state index contributed by atoms with van der Waals surface area (Å²) < 4.78 is 38.5.